The SMILES string of the molecule is O=[N+]([O-])c1ccc(Sc2ccc(F)cc2)c(C=NNc2nc(-c3ccccc3)cs2)c1. The molecule has 0 saturated carbocycles. The minimum absolute atomic E-state index is 0.0366. The highest BCUT2D eigenvalue weighted by Crippen LogP contribution is 2.32. The monoisotopic (exact) mass is 450 g/mol. The molecule has 3 aromatic carbocycles. The van der Waals surface area contributed by atoms with Crippen molar-refractivity contribution in [1.82, 2.24) is 4.98 Å². The summed E-state index contributed by atoms with van der Waals surface area (Å²) in [6.07, 6.45) is 1.52. The molecule has 1 aromatic heterocycles. The van der Waals surface area contributed by atoms with E-state index in [2.05, 4.69) is 15.5 Å². The van der Waals surface area contributed by atoms with E-state index in [0.717, 1.165) is 21.0 Å². The number of nitrogens with one attached hydrogen (secondary N) is 1. The van der Waals surface area contributed by atoms with Crippen LogP contribution in [-0.4, -0.2) is 16.1 Å². The second-order valence-electron chi connectivity index (χ2n) is 6.31. The molecule has 31 heavy (non-hydrogen) atoms. The predicted molar refractivity (Wildman–Crippen MR) is 122 cm³/mol. The smallest absolute Gasteiger partial charge is 0.258 e. The molecule has 0 aliphatic heterocycles. The molecule has 4 aromatic rings. The van der Waals surface area contributed by atoms with E-state index >= 15 is 0 Å². The fourth-order valence-electron chi connectivity index (χ4n) is 2.70. The average molecular weight is 451 g/mol. The van der Waals surface area contributed by atoms with Crippen molar-refractivity contribution in [2.75, 3.05) is 5.43 Å². The molecule has 1 N–H and O–H groups in total. The van der Waals surface area contributed by atoms with Crippen LogP contribution in [0.5, 0.6) is 0 Å². The van der Waals surface area contributed by atoms with E-state index in [1.165, 1.54) is 53.6 Å². The number of non-ortho nitro benzene ring substituents is 1. The number of hydrogen-bond donors (Lipinski definition) is 1. The molecule has 6 nitrogen and oxygen atoms in total. The quantitative estimate of drug-likeness (QED) is 0.199. The van der Waals surface area contributed by atoms with Gasteiger partial charge < -0.3 is 0 Å². The van der Waals surface area contributed by atoms with Crippen LogP contribution in [0.2, 0.25) is 0 Å². The van der Waals surface area contributed by atoms with E-state index in [9.17, 15) is 14.5 Å². The molecule has 0 atom stereocenters. The molecule has 154 valence electrons. The molecule has 4 rings (SSSR count). The Morgan fingerprint density at radius 1 is 1.10 bits per heavy atom. The van der Waals surface area contributed by atoms with Crippen LogP contribution in [0.15, 0.2) is 93.1 Å². The van der Waals surface area contributed by atoms with E-state index in [1.54, 1.807) is 18.2 Å². The lowest BCUT2D eigenvalue weighted by Crippen LogP contribution is -1.95. The first-order chi connectivity index (χ1) is 15.1. The summed E-state index contributed by atoms with van der Waals surface area (Å²) in [5, 5.41) is 17.9. The van der Waals surface area contributed by atoms with Gasteiger partial charge in [0.15, 0.2) is 0 Å². The number of hydrogen-bond acceptors (Lipinski definition) is 7. The molecule has 0 saturated heterocycles. The van der Waals surface area contributed by atoms with Crippen LogP contribution in [0, 0.1) is 15.9 Å². The maximum atomic E-state index is 13.2. The molecule has 9 heteroatoms. The Morgan fingerprint density at radius 2 is 1.87 bits per heavy atom. The van der Waals surface area contributed by atoms with Gasteiger partial charge in [-0.15, -0.1) is 11.3 Å². The van der Waals surface area contributed by atoms with E-state index in [0.29, 0.717) is 10.7 Å². The van der Waals surface area contributed by atoms with Crippen molar-refractivity contribution in [2.24, 2.45) is 5.10 Å². The lowest BCUT2D eigenvalue weighted by atomic mass is 10.2. The fraction of sp³-hybridized carbons (Fsp3) is 0. The molecular formula is C22H15FN4O2S2. The molecule has 0 spiro atoms. The fourth-order valence-corrected chi connectivity index (χ4v) is 4.26. The summed E-state index contributed by atoms with van der Waals surface area (Å²) in [4.78, 5) is 16.8. The van der Waals surface area contributed by atoms with Gasteiger partial charge in [-0.25, -0.2) is 9.37 Å². The zero-order chi connectivity index (χ0) is 21.6. The molecule has 0 unspecified atom stereocenters. The summed E-state index contributed by atoms with van der Waals surface area (Å²) >= 11 is 2.78. The second kappa shape index (κ2) is 9.50. The lowest BCUT2D eigenvalue weighted by molar-refractivity contribution is -0.384. The van der Waals surface area contributed by atoms with Crippen LogP contribution < -0.4 is 5.43 Å². The molecule has 0 aliphatic rings. The number of anilines is 1. The van der Waals surface area contributed by atoms with Crippen molar-refractivity contribution in [2.45, 2.75) is 9.79 Å². The molecular weight excluding hydrogens is 435 g/mol. The number of rotatable bonds is 7. The van der Waals surface area contributed by atoms with Gasteiger partial charge in [0.25, 0.3) is 5.69 Å². The summed E-state index contributed by atoms with van der Waals surface area (Å²) in [5.74, 6) is -0.322. The maximum Gasteiger partial charge on any atom is 0.270 e. The van der Waals surface area contributed by atoms with Crippen LogP contribution in [0.4, 0.5) is 15.2 Å². The summed E-state index contributed by atoms with van der Waals surface area (Å²) in [6.45, 7) is 0. The van der Waals surface area contributed by atoms with Crippen LogP contribution in [0.3, 0.4) is 0 Å². The lowest BCUT2D eigenvalue weighted by Gasteiger charge is -2.06. The van der Waals surface area contributed by atoms with Gasteiger partial charge in [0.05, 0.1) is 16.8 Å². The summed E-state index contributed by atoms with van der Waals surface area (Å²) in [7, 11) is 0. The van der Waals surface area contributed by atoms with Gasteiger partial charge in [0.1, 0.15) is 5.82 Å². The third kappa shape index (κ3) is 5.33. The molecule has 1 heterocycles. The highest BCUT2D eigenvalue weighted by Gasteiger charge is 2.11. The minimum Gasteiger partial charge on any atom is -0.258 e. The van der Waals surface area contributed by atoms with Crippen LogP contribution in [0.25, 0.3) is 11.3 Å². The third-order valence-corrected chi connectivity index (χ3v) is 6.03. The van der Waals surface area contributed by atoms with Crippen molar-refractivity contribution in [3.63, 3.8) is 0 Å². The normalized spacial score (nSPS) is 11.0. The van der Waals surface area contributed by atoms with E-state index in [4.69, 9.17) is 0 Å². The number of nitro groups is 1. The number of hydrazone groups is 1. The first kappa shape index (κ1) is 20.7. The van der Waals surface area contributed by atoms with Gasteiger partial charge in [-0.05, 0) is 30.3 Å². The zero-order valence-electron chi connectivity index (χ0n) is 15.9. The number of thiazole rings is 1. The van der Waals surface area contributed by atoms with E-state index in [-0.39, 0.29) is 11.5 Å². The Hall–Kier alpha value is -3.56. The highest BCUT2D eigenvalue weighted by molar-refractivity contribution is 7.99. The Kier molecular flexibility index (Phi) is 6.34. The van der Waals surface area contributed by atoms with Crippen molar-refractivity contribution in [1.29, 1.82) is 0 Å². The summed E-state index contributed by atoms with van der Waals surface area (Å²) in [6, 6.07) is 20.4. The standard InChI is InChI=1S/C22H15FN4O2S2/c23-17-6-9-19(10-7-17)31-21-11-8-18(27(28)29)12-16(21)13-24-26-22-25-20(14-30-22)15-4-2-1-3-5-15/h1-14H,(H,25,26). The van der Waals surface area contributed by atoms with Gasteiger partial charge in [-0.1, -0.05) is 42.1 Å². The zero-order valence-corrected chi connectivity index (χ0v) is 17.6. The number of aromatic nitrogens is 1. The van der Waals surface area contributed by atoms with Gasteiger partial charge in [0.2, 0.25) is 5.13 Å². The van der Waals surface area contributed by atoms with E-state index < -0.39 is 4.92 Å². The Labute approximate surface area is 185 Å². The van der Waals surface area contributed by atoms with E-state index in [1.807, 2.05) is 35.7 Å². The van der Waals surface area contributed by atoms with Crippen molar-refractivity contribution >= 4 is 40.1 Å². The first-order valence-electron chi connectivity index (χ1n) is 9.10. The number of halogens is 1. The van der Waals surface area contributed by atoms with Gasteiger partial charge in [-0.3, -0.25) is 15.5 Å². The van der Waals surface area contributed by atoms with Crippen molar-refractivity contribution in [3.05, 3.63) is 99.7 Å². The largest absolute Gasteiger partial charge is 0.270 e. The Bertz CT molecular complexity index is 1230. The predicted octanol–water partition coefficient (Wildman–Crippen LogP) is 6.45. The van der Waals surface area contributed by atoms with Crippen LogP contribution in [0.1, 0.15) is 5.56 Å². The molecule has 0 bridgehead atoms. The van der Waals surface area contributed by atoms with Crippen LogP contribution >= 0.6 is 23.1 Å². The third-order valence-electron chi connectivity index (χ3n) is 4.18. The van der Waals surface area contributed by atoms with Crippen molar-refractivity contribution < 1.29 is 9.31 Å². The van der Waals surface area contributed by atoms with Gasteiger partial charge >= 0.3 is 0 Å². The molecule has 0 aliphatic carbocycles. The first-order valence-corrected chi connectivity index (χ1v) is 10.8. The topological polar surface area (TPSA) is 80.4 Å². The minimum atomic E-state index is -0.454. The van der Waals surface area contributed by atoms with Gasteiger partial charge in [-0.2, -0.15) is 5.10 Å². The van der Waals surface area contributed by atoms with Crippen molar-refractivity contribution in [3.8, 4) is 11.3 Å². The Balaban J connectivity index is 1.54. The average Bonchev–Trinajstić information content (AvgIpc) is 3.26. The van der Waals surface area contributed by atoms with Crippen LogP contribution in [-0.2, 0) is 0 Å². The molecule has 0 fully saturated rings. The second-order valence-corrected chi connectivity index (χ2v) is 8.28. The number of nitro benzene ring substituents is 1. The molecule has 0 radical (unpaired) electrons. The maximum absolute atomic E-state index is 13.2. The number of benzene rings is 3. The molecule has 0 amide bonds. The number of nitrogens with zero attached hydrogens (tertiary/aromatic N) is 3. The Morgan fingerprint density at radius 3 is 2.61 bits per heavy atom. The summed E-state index contributed by atoms with van der Waals surface area (Å²) < 4.78 is 13.2. The highest BCUT2D eigenvalue weighted by atomic mass is 32.2. The summed E-state index contributed by atoms with van der Waals surface area (Å²) in [5.41, 5.74) is 5.25. The van der Waals surface area contributed by atoms with Gasteiger partial charge in [0, 0.05) is 38.4 Å².